The Bertz CT molecular complexity index is 101. The van der Waals surface area contributed by atoms with Crippen molar-refractivity contribution in [1.29, 1.82) is 0 Å². The predicted molar refractivity (Wildman–Crippen MR) is 49.0 cm³/mol. The molecule has 0 aliphatic carbocycles. The number of ether oxygens (including phenoxy) is 1. The summed E-state index contributed by atoms with van der Waals surface area (Å²) in [4.78, 5) is 9.82. The van der Waals surface area contributed by atoms with Crippen molar-refractivity contribution in [2.75, 3.05) is 11.9 Å². The van der Waals surface area contributed by atoms with Crippen LogP contribution in [0.2, 0.25) is 0 Å². The second-order valence-corrected chi connectivity index (χ2v) is 3.27. The van der Waals surface area contributed by atoms with E-state index in [1.54, 1.807) is 0 Å². The van der Waals surface area contributed by atoms with Gasteiger partial charge in [-0.15, -0.1) is 0 Å². The molecule has 0 aliphatic heterocycles. The maximum absolute atomic E-state index is 9.76. The zero-order valence-corrected chi connectivity index (χ0v) is 7.68. The molecule has 0 fully saturated rings. The summed E-state index contributed by atoms with van der Waals surface area (Å²) in [5.41, 5.74) is 0. The molecule has 6 heteroatoms. The number of rotatable bonds is 3. The van der Waals surface area contributed by atoms with E-state index >= 15 is 0 Å². The molecule has 1 N–H and O–H groups in total. The fourth-order valence-corrected chi connectivity index (χ4v) is 0.525. The van der Waals surface area contributed by atoms with Crippen LogP contribution in [0.15, 0.2) is 0 Å². The summed E-state index contributed by atoms with van der Waals surface area (Å²) in [7, 11) is 0. The molecule has 0 aromatic heterocycles. The Morgan fingerprint density at radius 1 is 1.70 bits per heavy atom. The van der Waals surface area contributed by atoms with Gasteiger partial charge in [0.1, 0.15) is 6.61 Å². The summed E-state index contributed by atoms with van der Waals surface area (Å²) in [6.07, 6.45) is -1.24. The molecule has 1 unspecified atom stereocenters. The SMILES string of the molecule is O=C(O)OCC(Br)CBr.[CaH2]. The number of carbonyl (C=O) groups is 1. The van der Waals surface area contributed by atoms with Gasteiger partial charge in [0, 0.05) is 5.33 Å². The second-order valence-electron chi connectivity index (χ2n) is 1.33. The van der Waals surface area contributed by atoms with Crippen molar-refractivity contribution in [2.45, 2.75) is 4.83 Å². The topological polar surface area (TPSA) is 46.5 Å². The van der Waals surface area contributed by atoms with E-state index in [1.807, 2.05) is 0 Å². The number of carboxylic acid groups (broad SMARTS) is 1. The Labute approximate surface area is 106 Å². The standard InChI is InChI=1S/C4H6Br2O3.Ca.2H/c5-1-3(6)2-9-4(7)8;;;/h3H,1-2H2,(H,7,8);;;. The molecule has 0 bridgehead atoms. The third kappa shape index (κ3) is 9.49. The van der Waals surface area contributed by atoms with Crippen LogP contribution < -0.4 is 0 Å². The number of halogens is 2. The molecule has 0 aliphatic rings. The fraction of sp³-hybridized carbons (Fsp3) is 0.750. The minimum atomic E-state index is -1.24. The number of hydrogen-bond donors (Lipinski definition) is 1. The molecule has 0 saturated heterocycles. The Hall–Kier alpha value is 1.49. The molecular weight excluding hydrogens is 296 g/mol. The third-order valence-corrected chi connectivity index (χ3v) is 2.79. The van der Waals surface area contributed by atoms with E-state index in [2.05, 4.69) is 36.6 Å². The van der Waals surface area contributed by atoms with Crippen molar-refractivity contribution in [2.24, 2.45) is 0 Å². The first kappa shape index (κ1) is 14.0. The molecule has 0 amide bonds. The molecule has 0 spiro atoms. The minimum absolute atomic E-state index is 0. The van der Waals surface area contributed by atoms with Crippen LogP contribution in [0.25, 0.3) is 0 Å². The van der Waals surface area contributed by atoms with Crippen molar-refractivity contribution in [3.63, 3.8) is 0 Å². The first-order chi connectivity index (χ1) is 4.16. The van der Waals surface area contributed by atoms with Gasteiger partial charge in [-0.2, -0.15) is 0 Å². The third-order valence-electron chi connectivity index (χ3n) is 0.555. The van der Waals surface area contributed by atoms with E-state index in [-0.39, 0.29) is 49.2 Å². The first-order valence-corrected chi connectivity index (χ1v) is 4.26. The van der Waals surface area contributed by atoms with Gasteiger partial charge < -0.3 is 9.84 Å². The maximum atomic E-state index is 9.76. The molecule has 0 aromatic rings. The van der Waals surface area contributed by atoms with Crippen LogP contribution in [-0.4, -0.2) is 65.8 Å². The van der Waals surface area contributed by atoms with Crippen molar-refractivity contribution in [3.8, 4) is 0 Å². The fourth-order valence-electron chi connectivity index (χ4n) is 0.206. The van der Waals surface area contributed by atoms with Crippen molar-refractivity contribution in [3.05, 3.63) is 0 Å². The van der Waals surface area contributed by atoms with Crippen LogP contribution in [0.5, 0.6) is 0 Å². The summed E-state index contributed by atoms with van der Waals surface area (Å²) >= 11 is 6.32. The van der Waals surface area contributed by atoms with E-state index in [0.29, 0.717) is 5.33 Å². The zero-order valence-electron chi connectivity index (χ0n) is 4.51. The average Bonchev–Trinajstić information content (AvgIpc) is 1.83. The zero-order chi connectivity index (χ0) is 7.28. The summed E-state index contributed by atoms with van der Waals surface area (Å²) in [6, 6.07) is 0. The van der Waals surface area contributed by atoms with Crippen LogP contribution >= 0.6 is 31.9 Å². The van der Waals surface area contributed by atoms with E-state index in [0.717, 1.165) is 0 Å². The normalized spacial score (nSPS) is 11.4. The van der Waals surface area contributed by atoms with Crippen molar-refractivity contribution in [1.82, 2.24) is 0 Å². The summed E-state index contributed by atoms with van der Waals surface area (Å²) in [5.74, 6) is 0. The van der Waals surface area contributed by atoms with Gasteiger partial charge in [-0.1, -0.05) is 31.9 Å². The Morgan fingerprint density at radius 2 is 2.20 bits per heavy atom. The molecule has 0 aromatic carbocycles. The molecule has 0 radical (unpaired) electrons. The van der Waals surface area contributed by atoms with Crippen LogP contribution in [0, 0.1) is 0 Å². The molecule has 3 nitrogen and oxygen atoms in total. The van der Waals surface area contributed by atoms with Crippen LogP contribution in [-0.2, 0) is 4.74 Å². The predicted octanol–water partition coefficient (Wildman–Crippen LogP) is 0.923. The molecule has 1 atom stereocenters. The van der Waals surface area contributed by atoms with E-state index in [1.165, 1.54) is 0 Å². The van der Waals surface area contributed by atoms with Gasteiger partial charge in [0.15, 0.2) is 0 Å². The van der Waals surface area contributed by atoms with Gasteiger partial charge in [-0.05, 0) is 0 Å². The monoisotopic (exact) mass is 302 g/mol. The van der Waals surface area contributed by atoms with Gasteiger partial charge in [0.25, 0.3) is 0 Å². The first-order valence-electron chi connectivity index (χ1n) is 2.22. The second kappa shape index (κ2) is 8.59. The van der Waals surface area contributed by atoms with Gasteiger partial charge in [0.05, 0.1) is 4.83 Å². The quantitative estimate of drug-likeness (QED) is 0.479. The number of hydrogen-bond acceptors (Lipinski definition) is 2. The summed E-state index contributed by atoms with van der Waals surface area (Å²) < 4.78 is 4.23. The van der Waals surface area contributed by atoms with E-state index in [4.69, 9.17) is 5.11 Å². The summed E-state index contributed by atoms with van der Waals surface area (Å²) in [5, 5.41) is 8.68. The Balaban J connectivity index is 0. The molecule has 0 rings (SSSR count). The molecule has 0 heterocycles. The molecule has 0 saturated carbocycles. The van der Waals surface area contributed by atoms with Gasteiger partial charge in [-0.3, -0.25) is 0 Å². The van der Waals surface area contributed by atoms with Crippen LogP contribution in [0.4, 0.5) is 4.79 Å². The van der Waals surface area contributed by atoms with Gasteiger partial charge in [0.2, 0.25) is 0 Å². The van der Waals surface area contributed by atoms with Crippen LogP contribution in [0.1, 0.15) is 0 Å². The Morgan fingerprint density at radius 3 is 2.50 bits per heavy atom. The van der Waals surface area contributed by atoms with E-state index in [9.17, 15) is 4.79 Å². The summed E-state index contributed by atoms with van der Waals surface area (Å²) in [6.45, 7) is 0.181. The molecule has 58 valence electrons. The molecule has 10 heavy (non-hydrogen) atoms. The number of alkyl halides is 2. The van der Waals surface area contributed by atoms with Crippen LogP contribution in [0.3, 0.4) is 0 Å². The van der Waals surface area contributed by atoms with Crippen molar-refractivity contribution < 1.29 is 14.6 Å². The van der Waals surface area contributed by atoms with Gasteiger partial charge in [-0.25, -0.2) is 4.79 Å². The Kier molecular flexibility index (Phi) is 12.1. The molecular formula is C4H8Br2CaO3. The van der Waals surface area contributed by atoms with E-state index < -0.39 is 6.16 Å². The van der Waals surface area contributed by atoms with Gasteiger partial charge >= 0.3 is 43.9 Å². The van der Waals surface area contributed by atoms with Crippen molar-refractivity contribution >= 4 is 75.8 Å². The average molecular weight is 304 g/mol.